The highest BCUT2D eigenvalue weighted by Gasteiger charge is 2.13. The predicted molar refractivity (Wildman–Crippen MR) is 66.6 cm³/mol. The van der Waals surface area contributed by atoms with Gasteiger partial charge in [-0.15, -0.1) is 0 Å². The average molecular weight is 226 g/mol. The lowest BCUT2D eigenvalue weighted by Crippen LogP contribution is -2.22. The standard InChI is InChI=1S/C10H16N2P2/c13-9-7-5-3-1-2-4-6-8(7)10(14)12-11-9/h1-6,13-14H2. The van der Waals surface area contributed by atoms with E-state index in [0.717, 1.165) is 10.9 Å². The molecule has 2 nitrogen and oxygen atoms in total. The van der Waals surface area contributed by atoms with Crippen LogP contribution in [0.3, 0.4) is 0 Å². The summed E-state index contributed by atoms with van der Waals surface area (Å²) in [4.78, 5) is 0. The summed E-state index contributed by atoms with van der Waals surface area (Å²) in [6.07, 6.45) is 7.65. The molecule has 0 bridgehead atoms. The van der Waals surface area contributed by atoms with Crippen LogP contribution in [0.15, 0.2) is 0 Å². The first-order valence-corrected chi connectivity index (χ1v) is 6.34. The van der Waals surface area contributed by atoms with Crippen molar-refractivity contribution in [1.82, 2.24) is 10.2 Å². The van der Waals surface area contributed by atoms with Crippen molar-refractivity contribution in [2.75, 3.05) is 0 Å². The highest BCUT2D eigenvalue weighted by molar-refractivity contribution is 7.28. The molecule has 0 N–H and O–H groups in total. The summed E-state index contributed by atoms with van der Waals surface area (Å²) in [6, 6.07) is 0. The molecule has 4 heteroatoms. The molecular weight excluding hydrogens is 210 g/mol. The molecule has 2 atom stereocenters. The van der Waals surface area contributed by atoms with Crippen LogP contribution in [0.2, 0.25) is 0 Å². The van der Waals surface area contributed by atoms with Gasteiger partial charge in [-0.25, -0.2) is 0 Å². The van der Waals surface area contributed by atoms with E-state index in [4.69, 9.17) is 0 Å². The Labute approximate surface area is 89.7 Å². The van der Waals surface area contributed by atoms with Crippen LogP contribution < -0.4 is 10.9 Å². The summed E-state index contributed by atoms with van der Waals surface area (Å²) in [5, 5.41) is 8.31. The third-order valence-electron chi connectivity index (χ3n) is 2.85. The van der Waals surface area contributed by atoms with Gasteiger partial charge in [0.25, 0.3) is 0 Å². The molecule has 2 unspecified atom stereocenters. The largest absolute Gasteiger partial charge is 0.150 e. The van der Waals surface area contributed by atoms with Crippen LogP contribution in [0.25, 0.3) is 0 Å². The lowest BCUT2D eigenvalue weighted by Gasteiger charge is -2.16. The minimum atomic E-state index is 1.05. The van der Waals surface area contributed by atoms with Gasteiger partial charge in [-0.2, -0.15) is 10.2 Å². The predicted octanol–water partition coefficient (Wildman–Crippen LogP) is 1.14. The molecule has 1 heterocycles. The quantitative estimate of drug-likeness (QED) is 0.620. The van der Waals surface area contributed by atoms with Crippen molar-refractivity contribution in [2.24, 2.45) is 0 Å². The van der Waals surface area contributed by atoms with Crippen molar-refractivity contribution < 1.29 is 0 Å². The number of fused-ring (bicyclic) bond motifs is 1. The van der Waals surface area contributed by atoms with Gasteiger partial charge in [0, 0.05) is 0 Å². The molecule has 0 amide bonds. The second-order valence-electron chi connectivity index (χ2n) is 3.84. The normalized spacial score (nSPS) is 17.0. The van der Waals surface area contributed by atoms with Crippen LogP contribution in [0, 0.1) is 0 Å². The van der Waals surface area contributed by atoms with E-state index in [1.165, 1.54) is 49.7 Å². The van der Waals surface area contributed by atoms with E-state index in [1.807, 2.05) is 0 Å². The van der Waals surface area contributed by atoms with Crippen molar-refractivity contribution >= 4 is 29.3 Å². The zero-order valence-corrected chi connectivity index (χ0v) is 10.6. The maximum atomic E-state index is 4.16. The van der Waals surface area contributed by atoms with E-state index in [-0.39, 0.29) is 0 Å². The molecule has 1 aliphatic carbocycles. The molecule has 14 heavy (non-hydrogen) atoms. The number of nitrogens with zero attached hydrogens (tertiary/aromatic N) is 2. The van der Waals surface area contributed by atoms with Crippen molar-refractivity contribution in [3.63, 3.8) is 0 Å². The van der Waals surface area contributed by atoms with Crippen LogP contribution >= 0.6 is 18.5 Å². The van der Waals surface area contributed by atoms with Crippen LogP contribution in [-0.4, -0.2) is 10.2 Å². The number of hydrogen-bond acceptors (Lipinski definition) is 2. The molecule has 1 aromatic rings. The maximum absolute atomic E-state index is 4.16. The first-order chi connectivity index (χ1) is 6.79. The van der Waals surface area contributed by atoms with E-state index >= 15 is 0 Å². The molecule has 1 aromatic heterocycles. The Bertz CT molecular complexity index is 306. The van der Waals surface area contributed by atoms with Crippen LogP contribution in [0.1, 0.15) is 36.8 Å². The lowest BCUT2D eigenvalue weighted by atomic mass is 9.96. The van der Waals surface area contributed by atoms with E-state index in [1.54, 1.807) is 0 Å². The fraction of sp³-hybridized carbons (Fsp3) is 0.600. The average Bonchev–Trinajstić information content (AvgIpc) is 2.11. The Kier molecular flexibility index (Phi) is 3.47. The van der Waals surface area contributed by atoms with Gasteiger partial charge in [0.1, 0.15) is 0 Å². The van der Waals surface area contributed by atoms with Gasteiger partial charge in [-0.05, 0) is 36.8 Å². The van der Waals surface area contributed by atoms with E-state index < -0.39 is 0 Å². The van der Waals surface area contributed by atoms with Crippen molar-refractivity contribution in [2.45, 2.75) is 38.5 Å². The third kappa shape index (κ3) is 2.12. The summed E-state index contributed by atoms with van der Waals surface area (Å²) in [5.74, 6) is 0. The third-order valence-corrected chi connectivity index (χ3v) is 3.78. The van der Waals surface area contributed by atoms with Gasteiger partial charge < -0.3 is 0 Å². The number of hydrogen-bond donors (Lipinski definition) is 0. The van der Waals surface area contributed by atoms with Gasteiger partial charge >= 0.3 is 0 Å². The zero-order chi connectivity index (χ0) is 9.97. The molecule has 0 fully saturated rings. The first-order valence-electron chi connectivity index (χ1n) is 5.18. The second kappa shape index (κ2) is 4.64. The Morgan fingerprint density at radius 3 is 1.57 bits per heavy atom. The van der Waals surface area contributed by atoms with E-state index in [9.17, 15) is 0 Å². The molecule has 0 aromatic carbocycles. The fourth-order valence-corrected chi connectivity index (χ4v) is 2.81. The Morgan fingerprint density at radius 1 is 0.714 bits per heavy atom. The van der Waals surface area contributed by atoms with Gasteiger partial charge in [0.05, 0.1) is 10.9 Å². The SMILES string of the molecule is Pc1nnc(P)c2c1CCCCCC2. The van der Waals surface area contributed by atoms with Crippen molar-refractivity contribution in [3.8, 4) is 0 Å². The lowest BCUT2D eigenvalue weighted by molar-refractivity contribution is 0.617. The minimum absolute atomic E-state index is 1.05. The second-order valence-corrected chi connectivity index (χ2v) is 4.94. The summed E-state index contributed by atoms with van der Waals surface area (Å²) in [7, 11) is 5.42. The molecule has 2 rings (SSSR count). The highest BCUT2D eigenvalue weighted by atomic mass is 31.0. The number of rotatable bonds is 0. The van der Waals surface area contributed by atoms with Gasteiger partial charge in [-0.3, -0.25) is 0 Å². The summed E-state index contributed by atoms with van der Waals surface area (Å²) < 4.78 is 0. The maximum Gasteiger partial charge on any atom is 0.0830 e. The van der Waals surface area contributed by atoms with Crippen LogP contribution in [-0.2, 0) is 12.8 Å². The Balaban J connectivity index is 2.42. The summed E-state index contributed by atoms with van der Waals surface area (Å²) in [6.45, 7) is 0. The molecule has 0 aliphatic heterocycles. The Hall–Kier alpha value is -0.0600. The summed E-state index contributed by atoms with van der Waals surface area (Å²) >= 11 is 0. The van der Waals surface area contributed by atoms with Gasteiger partial charge in [-0.1, -0.05) is 31.3 Å². The summed E-state index contributed by atoms with van der Waals surface area (Å²) in [5.41, 5.74) is 4.95. The smallest absolute Gasteiger partial charge is 0.0830 e. The molecule has 1 aliphatic rings. The van der Waals surface area contributed by atoms with Gasteiger partial charge in [0.15, 0.2) is 0 Å². The monoisotopic (exact) mass is 226 g/mol. The fourth-order valence-electron chi connectivity index (χ4n) is 2.05. The molecule has 0 saturated carbocycles. The Morgan fingerprint density at radius 2 is 1.14 bits per heavy atom. The van der Waals surface area contributed by atoms with Crippen molar-refractivity contribution in [3.05, 3.63) is 11.1 Å². The molecular formula is C10H16N2P2. The van der Waals surface area contributed by atoms with E-state index in [2.05, 4.69) is 28.7 Å². The molecule has 0 spiro atoms. The molecule has 76 valence electrons. The number of aromatic nitrogens is 2. The van der Waals surface area contributed by atoms with Crippen LogP contribution in [0.4, 0.5) is 0 Å². The van der Waals surface area contributed by atoms with Gasteiger partial charge in [0.2, 0.25) is 0 Å². The molecule has 0 radical (unpaired) electrons. The zero-order valence-electron chi connectivity index (χ0n) is 8.29. The highest BCUT2D eigenvalue weighted by Crippen LogP contribution is 2.18. The van der Waals surface area contributed by atoms with Crippen molar-refractivity contribution in [1.29, 1.82) is 0 Å². The van der Waals surface area contributed by atoms with Crippen LogP contribution in [0.5, 0.6) is 0 Å². The molecule has 0 saturated heterocycles. The first kappa shape index (κ1) is 10.5. The topological polar surface area (TPSA) is 25.8 Å². The minimum Gasteiger partial charge on any atom is -0.150 e. The van der Waals surface area contributed by atoms with E-state index in [0.29, 0.717) is 0 Å².